The zero-order chi connectivity index (χ0) is 27.4. The molecule has 7 nitrogen and oxygen atoms in total. The molecular formula is C32H32N6O. The van der Waals surface area contributed by atoms with Gasteiger partial charge in [-0.15, -0.1) is 0 Å². The SMILES string of the molecule is CC.CC1Cc2ccccc2N1c1nc2ccccc2o1.N=C(c1nc2ccccc2[nH]1)c1ccccc1N. The average Bonchev–Trinajstić information content (AvgIpc) is 3.68. The van der Waals surface area contributed by atoms with Gasteiger partial charge in [0, 0.05) is 23.0 Å². The van der Waals surface area contributed by atoms with Crippen molar-refractivity contribution in [3.05, 3.63) is 114 Å². The number of benzene rings is 4. The number of oxazole rings is 1. The zero-order valence-electron chi connectivity index (χ0n) is 22.3. The highest BCUT2D eigenvalue weighted by Crippen LogP contribution is 2.38. The molecule has 4 aromatic carbocycles. The number of nitrogens with zero attached hydrogens (tertiary/aromatic N) is 3. The van der Waals surface area contributed by atoms with Crippen LogP contribution in [0, 0.1) is 5.41 Å². The van der Waals surface area contributed by atoms with E-state index in [4.69, 9.17) is 15.6 Å². The molecule has 1 aliphatic heterocycles. The summed E-state index contributed by atoms with van der Waals surface area (Å²) in [7, 11) is 0. The minimum absolute atomic E-state index is 0.310. The van der Waals surface area contributed by atoms with Crippen LogP contribution < -0.4 is 10.6 Å². The lowest BCUT2D eigenvalue weighted by molar-refractivity contribution is 0.573. The van der Waals surface area contributed by atoms with E-state index in [1.54, 1.807) is 6.07 Å². The zero-order valence-corrected chi connectivity index (χ0v) is 22.3. The summed E-state index contributed by atoms with van der Waals surface area (Å²) in [5.41, 5.74) is 13.6. The molecule has 0 radical (unpaired) electrons. The molecule has 3 heterocycles. The molecular weight excluding hydrogens is 484 g/mol. The van der Waals surface area contributed by atoms with Crippen molar-refractivity contribution in [1.82, 2.24) is 15.0 Å². The summed E-state index contributed by atoms with van der Waals surface area (Å²) in [6.07, 6.45) is 1.04. The van der Waals surface area contributed by atoms with E-state index in [9.17, 15) is 0 Å². The van der Waals surface area contributed by atoms with Gasteiger partial charge in [0.25, 0.3) is 0 Å². The Labute approximate surface area is 227 Å². The van der Waals surface area contributed by atoms with Crippen LogP contribution in [0.25, 0.3) is 22.1 Å². The summed E-state index contributed by atoms with van der Waals surface area (Å²) in [6.45, 7) is 6.20. The standard InChI is InChI=1S/C16H14N2O.C14H12N4.C2H6/c1-11-10-12-6-2-4-8-14(12)18(11)16-17-13-7-3-5-9-15(13)19-16;15-10-6-2-1-5-9(10)13(16)14-17-11-7-3-4-8-12(11)18-14;1-2/h2-9,11H,10H2,1H3;1-8,16H,15H2,(H,17,18);1-2H3. The highest BCUT2D eigenvalue weighted by molar-refractivity contribution is 6.12. The predicted molar refractivity (Wildman–Crippen MR) is 160 cm³/mol. The number of H-pyrrole nitrogens is 1. The van der Waals surface area contributed by atoms with Crippen LogP contribution in [0.4, 0.5) is 17.4 Å². The average molecular weight is 517 g/mol. The number of fused-ring (bicyclic) bond motifs is 3. The van der Waals surface area contributed by atoms with Crippen molar-refractivity contribution in [2.45, 2.75) is 33.2 Å². The van der Waals surface area contributed by atoms with Gasteiger partial charge in [-0.05, 0) is 55.3 Å². The Bertz CT molecular complexity index is 1670. The molecule has 0 fully saturated rings. The Hall–Kier alpha value is -4.91. The number of nitrogens with one attached hydrogen (secondary N) is 2. The summed E-state index contributed by atoms with van der Waals surface area (Å²) in [6, 6.07) is 32.5. The largest absolute Gasteiger partial charge is 0.423 e. The maximum absolute atomic E-state index is 8.17. The van der Waals surface area contributed by atoms with E-state index in [-0.39, 0.29) is 0 Å². The second kappa shape index (κ2) is 11.2. The fourth-order valence-electron chi connectivity index (χ4n) is 4.74. The molecule has 0 spiro atoms. The Morgan fingerprint density at radius 1 is 0.872 bits per heavy atom. The molecule has 2 aromatic heterocycles. The Kier molecular flexibility index (Phi) is 7.41. The summed E-state index contributed by atoms with van der Waals surface area (Å²) in [4.78, 5) is 14.3. The number of nitrogens with two attached hydrogens (primary N) is 1. The van der Waals surface area contributed by atoms with Crippen LogP contribution >= 0.6 is 0 Å². The Balaban J connectivity index is 0.000000149. The first kappa shape index (κ1) is 25.7. The van der Waals surface area contributed by atoms with Crippen LogP contribution in [-0.2, 0) is 6.42 Å². The van der Waals surface area contributed by atoms with E-state index in [2.05, 4.69) is 51.0 Å². The van der Waals surface area contributed by atoms with Crippen LogP contribution in [-0.4, -0.2) is 26.7 Å². The van der Waals surface area contributed by atoms with E-state index in [0.29, 0.717) is 34.8 Å². The summed E-state index contributed by atoms with van der Waals surface area (Å²) in [5.74, 6) is 0.536. The van der Waals surface area contributed by atoms with Gasteiger partial charge in [0.15, 0.2) is 11.4 Å². The topological polar surface area (TPSA) is 108 Å². The van der Waals surface area contributed by atoms with Crippen molar-refractivity contribution in [3.8, 4) is 0 Å². The fraction of sp³-hybridized carbons (Fsp3) is 0.156. The maximum atomic E-state index is 8.17. The molecule has 4 N–H and O–H groups in total. The first-order chi connectivity index (χ1) is 19.1. The number of hydrogen-bond donors (Lipinski definition) is 3. The van der Waals surface area contributed by atoms with E-state index in [1.165, 1.54) is 11.3 Å². The number of para-hydroxylation sites is 6. The third kappa shape index (κ3) is 5.11. The van der Waals surface area contributed by atoms with Crippen molar-refractivity contribution in [3.63, 3.8) is 0 Å². The molecule has 7 rings (SSSR count). The second-order valence-corrected chi connectivity index (χ2v) is 9.08. The van der Waals surface area contributed by atoms with Crippen molar-refractivity contribution in [2.24, 2.45) is 0 Å². The molecule has 196 valence electrons. The molecule has 0 amide bonds. The van der Waals surface area contributed by atoms with Crippen LogP contribution in [0.2, 0.25) is 0 Å². The van der Waals surface area contributed by atoms with Gasteiger partial charge in [-0.2, -0.15) is 4.98 Å². The molecule has 1 aliphatic rings. The summed E-state index contributed by atoms with van der Waals surface area (Å²) in [5, 5.41) is 8.17. The smallest absolute Gasteiger partial charge is 0.303 e. The number of aromatic amines is 1. The summed E-state index contributed by atoms with van der Waals surface area (Å²) < 4.78 is 5.89. The third-order valence-electron chi connectivity index (χ3n) is 6.55. The van der Waals surface area contributed by atoms with Crippen molar-refractivity contribution in [2.75, 3.05) is 10.6 Å². The normalized spacial score (nSPS) is 13.8. The van der Waals surface area contributed by atoms with Gasteiger partial charge in [0.05, 0.1) is 11.0 Å². The van der Waals surface area contributed by atoms with Crippen LogP contribution in [0.15, 0.2) is 101 Å². The number of anilines is 3. The van der Waals surface area contributed by atoms with E-state index < -0.39 is 0 Å². The van der Waals surface area contributed by atoms with Gasteiger partial charge < -0.3 is 15.1 Å². The van der Waals surface area contributed by atoms with Gasteiger partial charge in [0.2, 0.25) is 0 Å². The number of rotatable bonds is 3. The molecule has 0 saturated heterocycles. The van der Waals surface area contributed by atoms with Crippen LogP contribution in [0.1, 0.15) is 37.7 Å². The number of hydrogen-bond acceptors (Lipinski definition) is 6. The number of aromatic nitrogens is 3. The van der Waals surface area contributed by atoms with Gasteiger partial charge in [-0.1, -0.05) is 74.5 Å². The molecule has 0 saturated carbocycles. The molecule has 1 unspecified atom stereocenters. The van der Waals surface area contributed by atoms with Crippen molar-refractivity contribution < 1.29 is 4.42 Å². The molecule has 6 aromatic rings. The van der Waals surface area contributed by atoms with Crippen molar-refractivity contribution >= 4 is 45.2 Å². The molecule has 0 bridgehead atoms. The van der Waals surface area contributed by atoms with Gasteiger partial charge in [-0.3, -0.25) is 10.3 Å². The Morgan fingerprint density at radius 2 is 1.54 bits per heavy atom. The van der Waals surface area contributed by atoms with E-state index in [1.807, 2.05) is 80.6 Å². The molecule has 0 aliphatic carbocycles. The van der Waals surface area contributed by atoms with Gasteiger partial charge in [-0.25, -0.2) is 4.98 Å². The monoisotopic (exact) mass is 516 g/mol. The molecule has 1 atom stereocenters. The maximum Gasteiger partial charge on any atom is 0.303 e. The third-order valence-corrected chi connectivity index (χ3v) is 6.55. The lowest BCUT2D eigenvalue weighted by Crippen LogP contribution is -2.24. The lowest BCUT2D eigenvalue weighted by Gasteiger charge is -2.19. The summed E-state index contributed by atoms with van der Waals surface area (Å²) >= 11 is 0. The first-order valence-corrected chi connectivity index (χ1v) is 13.2. The second-order valence-electron chi connectivity index (χ2n) is 9.08. The molecule has 7 heteroatoms. The minimum Gasteiger partial charge on any atom is -0.423 e. The van der Waals surface area contributed by atoms with Gasteiger partial charge in [0.1, 0.15) is 11.2 Å². The van der Waals surface area contributed by atoms with Crippen molar-refractivity contribution in [1.29, 1.82) is 5.41 Å². The quantitative estimate of drug-likeness (QED) is 0.167. The molecule has 39 heavy (non-hydrogen) atoms. The van der Waals surface area contributed by atoms with Crippen LogP contribution in [0.5, 0.6) is 0 Å². The minimum atomic E-state index is 0.310. The fourth-order valence-corrected chi connectivity index (χ4v) is 4.74. The number of nitrogen functional groups attached to an aromatic ring is 1. The highest BCUT2D eigenvalue weighted by atomic mass is 16.4. The first-order valence-electron chi connectivity index (χ1n) is 13.2. The van der Waals surface area contributed by atoms with Crippen LogP contribution in [0.3, 0.4) is 0 Å². The predicted octanol–water partition coefficient (Wildman–Crippen LogP) is 7.50. The Morgan fingerprint density at radius 3 is 2.31 bits per heavy atom. The van der Waals surface area contributed by atoms with E-state index in [0.717, 1.165) is 28.6 Å². The lowest BCUT2D eigenvalue weighted by atomic mass is 10.1. The van der Waals surface area contributed by atoms with Gasteiger partial charge >= 0.3 is 6.01 Å². The van der Waals surface area contributed by atoms with E-state index >= 15 is 0 Å². The highest BCUT2D eigenvalue weighted by Gasteiger charge is 2.30. The number of imidazole rings is 1.